The Morgan fingerprint density at radius 3 is 2.33 bits per heavy atom. The number of aromatic nitrogens is 1. The van der Waals surface area contributed by atoms with Gasteiger partial charge in [0.2, 0.25) is 0 Å². The van der Waals surface area contributed by atoms with E-state index >= 15 is 0 Å². The van der Waals surface area contributed by atoms with Crippen LogP contribution in [0, 0.1) is 5.92 Å². The summed E-state index contributed by atoms with van der Waals surface area (Å²) in [5.41, 5.74) is 2.52. The second-order valence-corrected chi connectivity index (χ2v) is 7.01. The molecule has 21 heavy (non-hydrogen) atoms. The van der Waals surface area contributed by atoms with Gasteiger partial charge in [0.25, 0.3) is 0 Å². The van der Waals surface area contributed by atoms with Crippen LogP contribution in [-0.4, -0.2) is 18.1 Å². The Morgan fingerprint density at radius 1 is 1.00 bits per heavy atom. The molecular formula is C17H20Br2N2. The summed E-state index contributed by atoms with van der Waals surface area (Å²) in [4.78, 5) is 4.50. The first-order chi connectivity index (χ1) is 10.2. The molecule has 0 aliphatic carbocycles. The summed E-state index contributed by atoms with van der Waals surface area (Å²) in [6.45, 7) is 4.17. The fourth-order valence-corrected chi connectivity index (χ4v) is 2.84. The maximum atomic E-state index is 4.50. The summed E-state index contributed by atoms with van der Waals surface area (Å²) in [7, 11) is 0. The Bertz CT molecular complexity index is 490. The molecule has 1 unspecified atom stereocenters. The number of pyridine rings is 1. The van der Waals surface area contributed by atoms with Crippen molar-refractivity contribution < 1.29 is 0 Å². The Balaban J connectivity index is 2.02. The summed E-state index contributed by atoms with van der Waals surface area (Å²) in [6.07, 6.45) is 3.94. The zero-order valence-corrected chi connectivity index (χ0v) is 15.3. The monoisotopic (exact) mass is 410 g/mol. The highest BCUT2D eigenvalue weighted by Gasteiger charge is 2.11. The zero-order valence-electron chi connectivity index (χ0n) is 12.2. The molecular weight excluding hydrogens is 392 g/mol. The minimum atomic E-state index is 0.555. The Kier molecular flexibility index (Phi) is 6.87. The van der Waals surface area contributed by atoms with Crippen LogP contribution in [-0.2, 0) is 12.8 Å². The van der Waals surface area contributed by atoms with Gasteiger partial charge >= 0.3 is 0 Å². The van der Waals surface area contributed by atoms with Gasteiger partial charge in [-0.15, -0.1) is 0 Å². The molecule has 0 radical (unpaired) electrons. The normalized spacial score (nSPS) is 12.3. The first kappa shape index (κ1) is 16.7. The van der Waals surface area contributed by atoms with Gasteiger partial charge in [0.15, 0.2) is 0 Å². The topological polar surface area (TPSA) is 24.9 Å². The van der Waals surface area contributed by atoms with E-state index in [-0.39, 0.29) is 0 Å². The van der Waals surface area contributed by atoms with Crippen molar-refractivity contribution in [2.24, 2.45) is 5.92 Å². The van der Waals surface area contributed by atoms with E-state index in [4.69, 9.17) is 0 Å². The maximum absolute atomic E-state index is 4.50. The lowest BCUT2D eigenvalue weighted by Gasteiger charge is -2.17. The second kappa shape index (κ2) is 8.66. The molecule has 1 heterocycles. The van der Waals surface area contributed by atoms with Crippen LogP contribution >= 0.6 is 31.9 Å². The van der Waals surface area contributed by atoms with Crippen molar-refractivity contribution in [1.29, 1.82) is 0 Å². The Morgan fingerprint density at radius 2 is 1.71 bits per heavy atom. The smallest absolute Gasteiger partial charge is 0.0413 e. The first-order valence-corrected chi connectivity index (χ1v) is 8.81. The summed E-state index contributed by atoms with van der Waals surface area (Å²) >= 11 is 6.92. The van der Waals surface area contributed by atoms with Crippen LogP contribution in [0.5, 0.6) is 0 Å². The predicted octanol–water partition coefficient (Wildman–Crippen LogP) is 4.62. The highest BCUT2D eigenvalue weighted by atomic mass is 79.9. The fourth-order valence-electron chi connectivity index (χ4n) is 2.34. The predicted molar refractivity (Wildman–Crippen MR) is 95.5 cm³/mol. The molecule has 0 aliphatic rings. The quantitative estimate of drug-likeness (QED) is 0.718. The van der Waals surface area contributed by atoms with E-state index in [1.54, 1.807) is 0 Å². The largest absolute Gasteiger partial charge is 0.317 e. The summed E-state index contributed by atoms with van der Waals surface area (Å²) in [5, 5.41) is 3.47. The third-order valence-corrected chi connectivity index (χ3v) is 4.40. The molecule has 2 rings (SSSR count). The van der Waals surface area contributed by atoms with E-state index in [0.29, 0.717) is 5.92 Å². The van der Waals surface area contributed by atoms with Gasteiger partial charge in [0.1, 0.15) is 0 Å². The Hall–Kier alpha value is -0.710. The minimum absolute atomic E-state index is 0.555. The fraction of sp³-hybridized carbons (Fsp3) is 0.353. The zero-order chi connectivity index (χ0) is 15.1. The van der Waals surface area contributed by atoms with Crippen molar-refractivity contribution in [1.82, 2.24) is 10.3 Å². The standard InChI is InChI=1S/C17H20Br2N2/c1-2-20-11-14(9-13-3-5-15(18)6-4-13)10-17-8-7-16(19)12-21-17/h3-8,12,14,20H,2,9-11H2,1H3. The molecule has 0 bridgehead atoms. The van der Waals surface area contributed by atoms with Crippen molar-refractivity contribution in [2.45, 2.75) is 19.8 Å². The molecule has 2 aromatic rings. The van der Waals surface area contributed by atoms with E-state index in [2.05, 4.69) is 85.5 Å². The lowest BCUT2D eigenvalue weighted by atomic mass is 9.94. The molecule has 1 N–H and O–H groups in total. The van der Waals surface area contributed by atoms with Crippen LogP contribution in [0.3, 0.4) is 0 Å². The minimum Gasteiger partial charge on any atom is -0.317 e. The summed E-state index contributed by atoms with van der Waals surface area (Å²) in [5.74, 6) is 0.555. The average Bonchev–Trinajstić information content (AvgIpc) is 2.49. The number of rotatable bonds is 7. The molecule has 0 saturated heterocycles. The molecule has 2 nitrogen and oxygen atoms in total. The van der Waals surface area contributed by atoms with Crippen molar-refractivity contribution >= 4 is 31.9 Å². The molecule has 112 valence electrons. The van der Waals surface area contributed by atoms with Gasteiger partial charge in [-0.2, -0.15) is 0 Å². The van der Waals surface area contributed by atoms with Crippen LogP contribution < -0.4 is 5.32 Å². The van der Waals surface area contributed by atoms with Gasteiger partial charge in [-0.3, -0.25) is 4.98 Å². The van der Waals surface area contributed by atoms with Gasteiger partial charge in [0, 0.05) is 20.8 Å². The SMILES string of the molecule is CCNCC(Cc1ccc(Br)cc1)Cc1ccc(Br)cn1. The van der Waals surface area contributed by atoms with Crippen LogP contribution in [0.25, 0.3) is 0 Å². The van der Waals surface area contributed by atoms with Gasteiger partial charge < -0.3 is 5.32 Å². The lowest BCUT2D eigenvalue weighted by Crippen LogP contribution is -2.26. The molecule has 0 fully saturated rings. The molecule has 1 atom stereocenters. The van der Waals surface area contributed by atoms with E-state index < -0.39 is 0 Å². The second-order valence-electron chi connectivity index (χ2n) is 5.18. The number of halogens is 2. The number of hydrogen-bond acceptors (Lipinski definition) is 2. The van der Waals surface area contributed by atoms with Crippen molar-refractivity contribution in [3.05, 3.63) is 62.8 Å². The average molecular weight is 412 g/mol. The highest BCUT2D eigenvalue weighted by molar-refractivity contribution is 9.10. The van der Waals surface area contributed by atoms with Crippen LogP contribution in [0.15, 0.2) is 51.5 Å². The summed E-state index contributed by atoms with van der Waals surface area (Å²) < 4.78 is 2.16. The van der Waals surface area contributed by atoms with Gasteiger partial charge in [-0.25, -0.2) is 0 Å². The molecule has 1 aromatic carbocycles. The van der Waals surface area contributed by atoms with Gasteiger partial charge in [-0.1, -0.05) is 35.0 Å². The Labute approximate surface area is 143 Å². The maximum Gasteiger partial charge on any atom is 0.0413 e. The van der Waals surface area contributed by atoms with Gasteiger partial charge in [0.05, 0.1) is 0 Å². The van der Waals surface area contributed by atoms with Crippen molar-refractivity contribution in [2.75, 3.05) is 13.1 Å². The van der Waals surface area contributed by atoms with Crippen molar-refractivity contribution in [3.63, 3.8) is 0 Å². The molecule has 0 amide bonds. The first-order valence-electron chi connectivity index (χ1n) is 7.23. The molecule has 1 aromatic heterocycles. The van der Waals surface area contributed by atoms with Crippen LogP contribution in [0.4, 0.5) is 0 Å². The van der Waals surface area contributed by atoms with Crippen LogP contribution in [0.1, 0.15) is 18.2 Å². The van der Waals surface area contributed by atoms with Crippen LogP contribution in [0.2, 0.25) is 0 Å². The number of nitrogens with one attached hydrogen (secondary N) is 1. The lowest BCUT2D eigenvalue weighted by molar-refractivity contribution is 0.473. The number of hydrogen-bond donors (Lipinski definition) is 1. The van der Waals surface area contributed by atoms with Crippen molar-refractivity contribution in [3.8, 4) is 0 Å². The third kappa shape index (κ3) is 5.89. The number of nitrogens with zero attached hydrogens (tertiary/aromatic N) is 1. The third-order valence-electron chi connectivity index (χ3n) is 3.41. The summed E-state index contributed by atoms with van der Waals surface area (Å²) in [6, 6.07) is 12.8. The highest BCUT2D eigenvalue weighted by Crippen LogP contribution is 2.17. The molecule has 0 aliphatic heterocycles. The number of benzene rings is 1. The van der Waals surface area contributed by atoms with E-state index in [0.717, 1.165) is 40.6 Å². The van der Waals surface area contributed by atoms with E-state index in [1.807, 2.05) is 6.20 Å². The molecule has 0 spiro atoms. The van der Waals surface area contributed by atoms with Gasteiger partial charge in [-0.05, 0) is 77.6 Å². The molecule has 0 saturated carbocycles. The van der Waals surface area contributed by atoms with E-state index in [9.17, 15) is 0 Å². The van der Waals surface area contributed by atoms with E-state index in [1.165, 1.54) is 5.56 Å². The molecule has 4 heteroatoms.